The van der Waals surface area contributed by atoms with E-state index in [1.165, 1.54) is 5.56 Å². The first-order chi connectivity index (χ1) is 15.7. The van der Waals surface area contributed by atoms with Crippen molar-refractivity contribution in [2.45, 2.75) is 33.1 Å². The zero-order valence-electron chi connectivity index (χ0n) is 18.8. The normalized spacial score (nSPS) is 16.2. The van der Waals surface area contributed by atoms with Crippen LogP contribution in [0.4, 0.5) is 5.13 Å². The largest absolute Gasteiger partial charge is 0.494 e. The fraction of sp³-hybridized carbons (Fsp3) is 0.440. The monoisotopic (exact) mass is 453 g/mol. The third kappa shape index (κ3) is 5.51. The van der Waals surface area contributed by atoms with Crippen molar-refractivity contribution >= 4 is 32.6 Å². The average Bonchev–Trinajstić information content (AvgIpc) is 3.24. The molecule has 6 nitrogen and oxygen atoms in total. The third-order valence-corrected chi connectivity index (χ3v) is 6.75. The molecule has 0 aliphatic carbocycles. The van der Waals surface area contributed by atoms with Crippen molar-refractivity contribution in [1.29, 1.82) is 0 Å². The quantitative estimate of drug-likeness (QED) is 0.510. The van der Waals surface area contributed by atoms with Gasteiger partial charge in [-0.25, -0.2) is 4.98 Å². The SMILES string of the molecule is CCOc1ccc(CCNC(=O)[C@@H]2CCCN(c3nc4ccc(OCC)cc4s3)C2)cc1. The van der Waals surface area contributed by atoms with Crippen LogP contribution >= 0.6 is 11.3 Å². The molecule has 0 saturated carbocycles. The number of rotatable bonds is 9. The van der Waals surface area contributed by atoms with E-state index in [0.29, 0.717) is 26.3 Å². The van der Waals surface area contributed by atoms with Gasteiger partial charge >= 0.3 is 0 Å². The van der Waals surface area contributed by atoms with Gasteiger partial charge in [-0.05, 0) is 69.0 Å². The number of benzene rings is 2. The van der Waals surface area contributed by atoms with Gasteiger partial charge in [-0.1, -0.05) is 23.5 Å². The minimum Gasteiger partial charge on any atom is -0.494 e. The average molecular weight is 454 g/mol. The maximum atomic E-state index is 12.8. The molecule has 1 aromatic heterocycles. The van der Waals surface area contributed by atoms with E-state index in [1.54, 1.807) is 11.3 Å². The van der Waals surface area contributed by atoms with E-state index < -0.39 is 0 Å². The van der Waals surface area contributed by atoms with Crippen LogP contribution in [-0.4, -0.2) is 43.7 Å². The Hall–Kier alpha value is -2.80. The second-order valence-corrected chi connectivity index (χ2v) is 8.97. The van der Waals surface area contributed by atoms with Gasteiger partial charge in [-0.2, -0.15) is 0 Å². The Morgan fingerprint density at radius 2 is 1.88 bits per heavy atom. The fourth-order valence-corrected chi connectivity index (χ4v) is 5.07. The van der Waals surface area contributed by atoms with E-state index >= 15 is 0 Å². The number of carbonyl (C=O) groups is 1. The molecule has 1 aliphatic heterocycles. The van der Waals surface area contributed by atoms with Gasteiger partial charge in [0.25, 0.3) is 0 Å². The van der Waals surface area contributed by atoms with Crippen molar-refractivity contribution in [3.05, 3.63) is 48.0 Å². The molecule has 32 heavy (non-hydrogen) atoms. The molecule has 1 amide bonds. The molecule has 2 heterocycles. The van der Waals surface area contributed by atoms with Crippen LogP contribution in [0.15, 0.2) is 42.5 Å². The first-order valence-electron chi connectivity index (χ1n) is 11.4. The van der Waals surface area contributed by atoms with E-state index in [2.05, 4.69) is 28.4 Å². The van der Waals surface area contributed by atoms with Crippen LogP contribution in [-0.2, 0) is 11.2 Å². The maximum absolute atomic E-state index is 12.8. The van der Waals surface area contributed by atoms with Crippen molar-refractivity contribution < 1.29 is 14.3 Å². The fourth-order valence-electron chi connectivity index (χ4n) is 4.04. The number of nitrogens with one attached hydrogen (secondary N) is 1. The predicted octanol–water partition coefficient (Wildman–Crippen LogP) is 4.67. The Kier molecular flexibility index (Phi) is 7.47. The van der Waals surface area contributed by atoms with Gasteiger partial charge in [-0.15, -0.1) is 0 Å². The van der Waals surface area contributed by atoms with E-state index in [-0.39, 0.29) is 11.8 Å². The molecule has 7 heteroatoms. The van der Waals surface area contributed by atoms with Crippen LogP contribution < -0.4 is 19.7 Å². The summed E-state index contributed by atoms with van der Waals surface area (Å²) in [5, 5.41) is 4.12. The molecule has 170 valence electrons. The van der Waals surface area contributed by atoms with E-state index in [1.807, 2.05) is 38.1 Å². The highest BCUT2D eigenvalue weighted by atomic mass is 32.1. The van der Waals surface area contributed by atoms with Crippen molar-refractivity contribution in [2.24, 2.45) is 5.92 Å². The number of ether oxygens (including phenoxy) is 2. The number of aromatic nitrogens is 1. The highest BCUT2D eigenvalue weighted by molar-refractivity contribution is 7.22. The molecule has 1 fully saturated rings. The lowest BCUT2D eigenvalue weighted by Crippen LogP contribution is -2.43. The van der Waals surface area contributed by atoms with Gasteiger partial charge in [0.2, 0.25) is 5.91 Å². The summed E-state index contributed by atoms with van der Waals surface area (Å²) < 4.78 is 12.2. The van der Waals surface area contributed by atoms with Gasteiger partial charge in [0.05, 0.1) is 29.3 Å². The molecular formula is C25H31N3O3S. The van der Waals surface area contributed by atoms with Gasteiger partial charge < -0.3 is 19.7 Å². The smallest absolute Gasteiger partial charge is 0.224 e. The molecule has 2 aromatic carbocycles. The third-order valence-electron chi connectivity index (χ3n) is 5.67. The zero-order valence-corrected chi connectivity index (χ0v) is 19.6. The molecule has 3 aromatic rings. The second kappa shape index (κ2) is 10.7. The number of fused-ring (bicyclic) bond motifs is 1. The molecule has 1 atom stereocenters. The molecule has 0 spiro atoms. The number of amides is 1. The number of nitrogens with zero attached hydrogens (tertiary/aromatic N) is 2. The highest BCUT2D eigenvalue weighted by Gasteiger charge is 2.27. The highest BCUT2D eigenvalue weighted by Crippen LogP contribution is 2.33. The molecule has 1 saturated heterocycles. The Morgan fingerprint density at radius 1 is 1.12 bits per heavy atom. The number of hydrogen-bond donors (Lipinski definition) is 1. The van der Waals surface area contributed by atoms with E-state index in [9.17, 15) is 4.79 Å². The molecule has 0 radical (unpaired) electrons. The molecule has 1 aliphatic rings. The van der Waals surface area contributed by atoms with Crippen LogP contribution in [0.3, 0.4) is 0 Å². The first-order valence-corrected chi connectivity index (χ1v) is 12.3. The van der Waals surface area contributed by atoms with Crippen molar-refractivity contribution in [2.75, 3.05) is 37.7 Å². The zero-order chi connectivity index (χ0) is 22.3. The summed E-state index contributed by atoms with van der Waals surface area (Å²) in [7, 11) is 0. The second-order valence-electron chi connectivity index (χ2n) is 7.96. The lowest BCUT2D eigenvalue weighted by molar-refractivity contribution is -0.125. The summed E-state index contributed by atoms with van der Waals surface area (Å²) in [4.78, 5) is 19.9. The van der Waals surface area contributed by atoms with Gasteiger partial charge in [0, 0.05) is 19.6 Å². The Bertz CT molecular complexity index is 1030. The minimum absolute atomic E-state index is 0.00456. The number of anilines is 1. The number of carbonyl (C=O) groups excluding carboxylic acids is 1. The maximum Gasteiger partial charge on any atom is 0.224 e. The van der Waals surface area contributed by atoms with Crippen LogP contribution in [0.2, 0.25) is 0 Å². The first kappa shape index (κ1) is 22.4. The minimum atomic E-state index is -0.00456. The van der Waals surface area contributed by atoms with Gasteiger partial charge in [0.1, 0.15) is 11.5 Å². The van der Waals surface area contributed by atoms with E-state index in [4.69, 9.17) is 14.5 Å². The molecule has 4 rings (SSSR count). The lowest BCUT2D eigenvalue weighted by Gasteiger charge is -2.31. The summed E-state index contributed by atoms with van der Waals surface area (Å²) in [6, 6.07) is 14.1. The van der Waals surface area contributed by atoms with E-state index in [0.717, 1.165) is 52.7 Å². The lowest BCUT2D eigenvalue weighted by atomic mass is 9.97. The summed E-state index contributed by atoms with van der Waals surface area (Å²) in [5.74, 6) is 1.89. The predicted molar refractivity (Wildman–Crippen MR) is 130 cm³/mol. The summed E-state index contributed by atoms with van der Waals surface area (Å²) in [6.07, 6.45) is 2.73. The topological polar surface area (TPSA) is 63.7 Å². The van der Waals surface area contributed by atoms with Gasteiger partial charge in [-0.3, -0.25) is 4.79 Å². The van der Waals surface area contributed by atoms with Crippen LogP contribution in [0.5, 0.6) is 11.5 Å². The van der Waals surface area contributed by atoms with Crippen LogP contribution in [0.25, 0.3) is 10.2 Å². The van der Waals surface area contributed by atoms with Crippen LogP contribution in [0.1, 0.15) is 32.3 Å². The number of thiazole rings is 1. The van der Waals surface area contributed by atoms with Crippen molar-refractivity contribution in [3.8, 4) is 11.5 Å². The summed E-state index contributed by atoms with van der Waals surface area (Å²) >= 11 is 1.67. The summed E-state index contributed by atoms with van der Waals surface area (Å²) in [6.45, 7) is 7.58. The van der Waals surface area contributed by atoms with Crippen molar-refractivity contribution in [1.82, 2.24) is 10.3 Å². The summed E-state index contributed by atoms with van der Waals surface area (Å²) in [5.41, 5.74) is 2.18. The Morgan fingerprint density at radius 3 is 2.66 bits per heavy atom. The molecular weight excluding hydrogens is 422 g/mol. The standard InChI is InChI=1S/C25H31N3O3S/c1-3-30-20-9-7-18(8-10-20)13-14-26-24(29)19-6-5-15-28(17-19)25-27-22-12-11-21(31-4-2)16-23(22)32-25/h7-12,16,19H,3-6,13-15,17H2,1-2H3,(H,26,29)/t19-/m1/s1. The van der Waals surface area contributed by atoms with Crippen LogP contribution in [0, 0.1) is 5.92 Å². The number of hydrogen-bond acceptors (Lipinski definition) is 6. The Balaban J connectivity index is 1.31. The number of piperidine rings is 1. The Labute approximate surface area is 193 Å². The van der Waals surface area contributed by atoms with Gasteiger partial charge in [0.15, 0.2) is 5.13 Å². The molecule has 0 bridgehead atoms. The molecule has 0 unspecified atom stereocenters. The van der Waals surface area contributed by atoms with Crippen molar-refractivity contribution in [3.63, 3.8) is 0 Å². The molecule has 1 N–H and O–H groups in total.